The van der Waals surface area contributed by atoms with Crippen LogP contribution in [0.1, 0.15) is 12.8 Å². The molecule has 102 valence electrons. The fourth-order valence-electron chi connectivity index (χ4n) is 2.67. The van der Waals surface area contributed by atoms with Crippen molar-refractivity contribution in [2.24, 2.45) is 0 Å². The van der Waals surface area contributed by atoms with E-state index in [2.05, 4.69) is 28.2 Å². The number of fused-ring (bicyclic) bond motifs is 1. The summed E-state index contributed by atoms with van der Waals surface area (Å²) in [6.07, 6.45) is 4.89. The van der Waals surface area contributed by atoms with Crippen LogP contribution in [0.2, 0.25) is 5.02 Å². The molecule has 1 aliphatic rings. The van der Waals surface area contributed by atoms with Gasteiger partial charge < -0.3 is 14.6 Å². The molecule has 2 heterocycles. The topological polar surface area (TPSA) is 26.2 Å². The van der Waals surface area contributed by atoms with Crippen molar-refractivity contribution in [1.82, 2.24) is 9.88 Å². The summed E-state index contributed by atoms with van der Waals surface area (Å²) in [6, 6.07) is 8.14. The number of hydrogen-bond donors (Lipinski definition) is 1. The van der Waals surface area contributed by atoms with Crippen molar-refractivity contribution in [1.29, 1.82) is 0 Å². The van der Waals surface area contributed by atoms with Crippen molar-refractivity contribution in [3.05, 3.63) is 35.5 Å². The van der Waals surface area contributed by atoms with Gasteiger partial charge in [-0.15, -0.1) is 0 Å². The minimum Gasteiger partial charge on any atom is -0.377 e. The van der Waals surface area contributed by atoms with Crippen LogP contribution in [0.15, 0.2) is 30.5 Å². The Hall–Kier alpha value is -1.03. The molecule has 1 atom stereocenters. The van der Waals surface area contributed by atoms with Crippen LogP contribution in [0.25, 0.3) is 10.9 Å². The lowest BCUT2D eigenvalue weighted by atomic mass is 10.2. The molecule has 1 N–H and O–H groups in total. The van der Waals surface area contributed by atoms with Gasteiger partial charge in [-0.3, -0.25) is 0 Å². The smallest absolute Gasteiger partial charge is 0.0700 e. The molecule has 1 aromatic heterocycles. The molecule has 4 heteroatoms. The average Bonchev–Trinajstić information content (AvgIpc) is 3.05. The maximum absolute atomic E-state index is 6.26. The van der Waals surface area contributed by atoms with Crippen molar-refractivity contribution in [2.45, 2.75) is 25.5 Å². The molecule has 0 spiro atoms. The van der Waals surface area contributed by atoms with E-state index in [-0.39, 0.29) is 0 Å². The number of nitrogens with one attached hydrogen (secondary N) is 1. The van der Waals surface area contributed by atoms with E-state index < -0.39 is 0 Å². The van der Waals surface area contributed by atoms with Gasteiger partial charge in [0.1, 0.15) is 0 Å². The SMILES string of the molecule is Clc1cccc2ccn(CCNCC3CCCO3)c12. The summed E-state index contributed by atoms with van der Waals surface area (Å²) < 4.78 is 7.80. The highest BCUT2D eigenvalue weighted by atomic mass is 35.5. The van der Waals surface area contributed by atoms with E-state index >= 15 is 0 Å². The highest BCUT2D eigenvalue weighted by molar-refractivity contribution is 6.35. The standard InChI is InChI=1S/C15H19ClN2O/c16-14-5-1-3-12-6-8-18(15(12)14)9-7-17-11-13-4-2-10-19-13/h1,3,5-6,8,13,17H,2,4,7,9-11H2. The first-order chi connectivity index (χ1) is 9.34. The molecule has 1 fully saturated rings. The molecule has 1 saturated heterocycles. The molecule has 0 bridgehead atoms. The average molecular weight is 279 g/mol. The van der Waals surface area contributed by atoms with Crippen LogP contribution < -0.4 is 5.32 Å². The number of benzene rings is 1. The van der Waals surface area contributed by atoms with Crippen molar-refractivity contribution in [3.63, 3.8) is 0 Å². The number of hydrogen-bond acceptors (Lipinski definition) is 2. The van der Waals surface area contributed by atoms with Gasteiger partial charge in [0, 0.05) is 37.8 Å². The van der Waals surface area contributed by atoms with Crippen LogP contribution in [0.4, 0.5) is 0 Å². The summed E-state index contributed by atoms with van der Waals surface area (Å²) >= 11 is 6.26. The first-order valence-corrected chi connectivity index (χ1v) is 7.28. The number of para-hydroxylation sites is 1. The number of rotatable bonds is 5. The molecule has 2 aromatic rings. The van der Waals surface area contributed by atoms with Gasteiger partial charge >= 0.3 is 0 Å². The largest absolute Gasteiger partial charge is 0.377 e. The van der Waals surface area contributed by atoms with Gasteiger partial charge in [-0.1, -0.05) is 23.7 Å². The van der Waals surface area contributed by atoms with Crippen molar-refractivity contribution in [2.75, 3.05) is 19.7 Å². The summed E-state index contributed by atoms with van der Waals surface area (Å²) in [7, 11) is 0. The van der Waals surface area contributed by atoms with Gasteiger partial charge in [-0.25, -0.2) is 0 Å². The zero-order valence-corrected chi connectivity index (χ0v) is 11.7. The maximum Gasteiger partial charge on any atom is 0.0700 e. The van der Waals surface area contributed by atoms with E-state index in [0.29, 0.717) is 6.10 Å². The Bertz CT molecular complexity index is 546. The van der Waals surface area contributed by atoms with E-state index in [1.54, 1.807) is 0 Å². The molecule has 1 unspecified atom stereocenters. The number of ether oxygens (including phenoxy) is 1. The molecular formula is C15H19ClN2O. The highest BCUT2D eigenvalue weighted by Crippen LogP contribution is 2.24. The van der Waals surface area contributed by atoms with Crippen LogP contribution in [0.5, 0.6) is 0 Å². The number of aromatic nitrogens is 1. The summed E-state index contributed by atoms with van der Waals surface area (Å²) in [4.78, 5) is 0. The number of halogens is 1. The Morgan fingerprint density at radius 3 is 3.16 bits per heavy atom. The molecule has 0 amide bonds. The predicted octanol–water partition coefficient (Wildman–Crippen LogP) is 3.06. The van der Waals surface area contributed by atoms with Crippen LogP contribution in [-0.4, -0.2) is 30.4 Å². The van der Waals surface area contributed by atoms with Crippen LogP contribution in [-0.2, 0) is 11.3 Å². The van der Waals surface area contributed by atoms with Crippen LogP contribution >= 0.6 is 11.6 Å². The third-order valence-corrected chi connectivity index (χ3v) is 3.97. The molecule has 1 aliphatic heterocycles. The predicted molar refractivity (Wildman–Crippen MR) is 78.8 cm³/mol. The van der Waals surface area contributed by atoms with Gasteiger partial charge in [0.2, 0.25) is 0 Å². The Kier molecular flexibility index (Phi) is 4.06. The first-order valence-electron chi connectivity index (χ1n) is 6.90. The van der Waals surface area contributed by atoms with Crippen molar-refractivity contribution < 1.29 is 4.74 Å². The lowest BCUT2D eigenvalue weighted by Crippen LogP contribution is -2.28. The molecule has 1 aromatic carbocycles. The van der Waals surface area contributed by atoms with Gasteiger partial charge in [0.05, 0.1) is 16.6 Å². The van der Waals surface area contributed by atoms with E-state index in [1.807, 2.05) is 12.1 Å². The first kappa shape index (κ1) is 13.0. The second-order valence-electron chi connectivity index (χ2n) is 5.03. The molecule has 19 heavy (non-hydrogen) atoms. The van der Waals surface area contributed by atoms with Crippen LogP contribution in [0.3, 0.4) is 0 Å². The van der Waals surface area contributed by atoms with E-state index in [9.17, 15) is 0 Å². The summed E-state index contributed by atoms with van der Waals surface area (Å²) in [5, 5.41) is 5.48. The Balaban J connectivity index is 1.56. The third kappa shape index (κ3) is 2.94. The third-order valence-electron chi connectivity index (χ3n) is 3.66. The summed E-state index contributed by atoms with van der Waals surface area (Å²) in [5.74, 6) is 0. The highest BCUT2D eigenvalue weighted by Gasteiger charge is 2.14. The van der Waals surface area contributed by atoms with Gasteiger partial charge in [-0.2, -0.15) is 0 Å². The molecule has 3 rings (SSSR count). The quantitative estimate of drug-likeness (QED) is 0.851. The zero-order valence-electron chi connectivity index (χ0n) is 10.9. The summed E-state index contributed by atoms with van der Waals surface area (Å²) in [6.45, 7) is 3.74. The second-order valence-corrected chi connectivity index (χ2v) is 5.43. The van der Waals surface area contributed by atoms with Crippen LogP contribution in [0, 0.1) is 0 Å². The van der Waals surface area contributed by atoms with Gasteiger partial charge in [0.15, 0.2) is 0 Å². The summed E-state index contributed by atoms with van der Waals surface area (Å²) in [5.41, 5.74) is 1.13. The monoisotopic (exact) mass is 278 g/mol. The minimum absolute atomic E-state index is 0.407. The van der Waals surface area contributed by atoms with E-state index in [1.165, 1.54) is 18.2 Å². The fourth-order valence-corrected chi connectivity index (χ4v) is 2.96. The number of nitrogens with zero attached hydrogens (tertiary/aromatic N) is 1. The zero-order chi connectivity index (χ0) is 13.1. The molecule has 0 aliphatic carbocycles. The molecule has 3 nitrogen and oxygen atoms in total. The van der Waals surface area contributed by atoms with Gasteiger partial charge in [0.25, 0.3) is 0 Å². The van der Waals surface area contributed by atoms with Gasteiger partial charge in [-0.05, 0) is 25.0 Å². The second kappa shape index (κ2) is 5.95. The molecule has 0 radical (unpaired) electrons. The van der Waals surface area contributed by atoms with Crippen molar-refractivity contribution >= 4 is 22.5 Å². The fraction of sp³-hybridized carbons (Fsp3) is 0.467. The Morgan fingerprint density at radius 2 is 2.32 bits per heavy atom. The molecule has 0 saturated carbocycles. The van der Waals surface area contributed by atoms with Crippen molar-refractivity contribution in [3.8, 4) is 0 Å². The van der Waals surface area contributed by atoms with E-state index in [0.717, 1.165) is 36.8 Å². The van der Waals surface area contributed by atoms with E-state index in [4.69, 9.17) is 16.3 Å². The lowest BCUT2D eigenvalue weighted by molar-refractivity contribution is 0.110. The normalized spacial score (nSPS) is 19.3. The molecular weight excluding hydrogens is 260 g/mol. The Morgan fingerprint density at radius 1 is 1.37 bits per heavy atom. The lowest BCUT2D eigenvalue weighted by Gasteiger charge is -2.12. The Labute approximate surface area is 118 Å². The maximum atomic E-state index is 6.26. The minimum atomic E-state index is 0.407.